The molecule has 0 saturated carbocycles. The third kappa shape index (κ3) is 18.1. The van der Waals surface area contributed by atoms with Gasteiger partial charge in [0, 0.05) is 27.7 Å². The van der Waals surface area contributed by atoms with E-state index in [-0.39, 0.29) is 124 Å². The quantitative estimate of drug-likeness (QED) is 0.268. The summed E-state index contributed by atoms with van der Waals surface area (Å²) in [6.07, 6.45) is 0. The van der Waals surface area contributed by atoms with Gasteiger partial charge >= 0.3 is 0 Å². The van der Waals surface area contributed by atoms with Gasteiger partial charge in [0.05, 0.1) is 0 Å². The Kier molecular flexibility index (Phi) is 183. The predicted octanol–water partition coefficient (Wildman–Crippen LogP) is 2.47. The van der Waals surface area contributed by atoms with Crippen molar-refractivity contribution in [2.75, 3.05) is 0 Å². The molecule has 0 nitrogen and oxygen atoms in total. The van der Waals surface area contributed by atoms with E-state index in [2.05, 4.69) is 0 Å². The summed E-state index contributed by atoms with van der Waals surface area (Å²) < 4.78 is 0. The minimum absolute atomic E-state index is 0. The molecule has 0 aromatic rings. The summed E-state index contributed by atoms with van der Waals surface area (Å²) in [4.78, 5) is 0. The van der Waals surface area contributed by atoms with Crippen molar-refractivity contribution in [1.29, 1.82) is 0 Å². The minimum atomic E-state index is 0. The zero-order chi connectivity index (χ0) is 0. The normalized spacial score (nSPS) is 0. The first-order chi connectivity index (χ1) is 0. The summed E-state index contributed by atoms with van der Waals surface area (Å²) in [5.41, 5.74) is 0. The van der Waals surface area contributed by atoms with Crippen molar-refractivity contribution in [3.8, 4) is 0 Å². The van der Waals surface area contributed by atoms with Gasteiger partial charge in [-0.15, -0.1) is 95.9 Å². The number of halogens is 4. The van der Waals surface area contributed by atoms with Crippen LogP contribution in [0, 0.1) is 0 Å². The van der Waals surface area contributed by atoms with Gasteiger partial charge in [0.1, 0.15) is 0 Å². The average Bonchev–Trinajstić information content (AvgIpc) is 0. The van der Waals surface area contributed by atoms with Gasteiger partial charge in [0.15, 0.2) is 0 Å². The van der Waals surface area contributed by atoms with Crippen LogP contribution in [0.5, 0.6) is 0 Å². The molecule has 0 aromatic carbocycles. The first-order valence-corrected chi connectivity index (χ1v) is 0. The van der Waals surface area contributed by atoms with Gasteiger partial charge in [-0.1, -0.05) is 0 Å². The molecule has 0 atom stereocenters. The Morgan fingerprint density at radius 3 is 0.400 bits per heavy atom. The summed E-state index contributed by atoms with van der Waals surface area (Å²) in [5, 5.41) is 0. The zero-order valence-corrected chi connectivity index (χ0v) is 17.2. The van der Waals surface area contributed by atoms with Crippen LogP contribution >= 0.6 is 95.9 Å². The zero-order valence-electron chi connectivity index (χ0n) is 2.34. The Labute approximate surface area is 121 Å². The topological polar surface area (TPSA) is 0 Å². The molecule has 0 fully saturated rings. The van der Waals surface area contributed by atoms with Crippen molar-refractivity contribution >= 4 is 95.9 Å². The summed E-state index contributed by atoms with van der Waals surface area (Å²) in [6, 6.07) is 0. The van der Waals surface area contributed by atoms with Crippen LogP contribution in [0.25, 0.3) is 0 Å². The Morgan fingerprint density at radius 2 is 0.400 bits per heavy atom. The van der Waals surface area contributed by atoms with E-state index in [1.54, 1.807) is 0 Å². The molecule has 34 valence electrons. The fraction of sp³-hybridized carbons (Fsp3) is 0. The molecule has 0 radical (unpaired) electrons. The smallest absolute Gasteiger partial charge is 0 e. The monoisotopic (exact) mass is 714 g/mol. The Hall–Kier alpha value is 3.86. The van der Waals surface area contributed by atoms with Gasteiger partial charge in [0.25, 0.3) is 0 Å². The Bertz CT molecular complexity index is 3.61. The van der Waals surface area contributed by atoms with Crippen molar-refractivity contribution in [3.05, 3.63) is 0 Å². The fourth-order valence-corrected chi connectivity index (χ4v) is 0. The standard InChI is InChI=1S/Hg.4HI/h;4*1H. The van der Waals surface area contributed by atoms with E-state index in [0.29, 0.717) is 0 Å². The second kappa shape index (κ2) is 24.8. The van der Waals surface area contributed by atoms with Crippen molar-refractivity contribution in [2.45, 2.75) is 0 Å². The van der Waals surface area contributed by atoms with Crippen LogP contribution in [-0.4, -0.2) is 0 Å². The molecule has 0 aliphatic heterocycles. The molecule has 0 saturated heterocycles. The van der Waals surface area contributed by atoms with Crippen LogP contribution in [0.1, 0.15) is 0 Å². The Morgan fingerprint density at radius 1 is 0.400 bits per heavy atom. The largest absolute Gasteiger partial charge is 0.107 e. The van der Waals surface area contributed by atoms with Gasteiger partial charge in [-0.25, -0.2) is 0 Å². The third-order valence-electron chi connectivity index (χ3n) is 0. The molecule has 0 heterocycles. The molecule has 0 N–H and O–H groups in total. The molecule has 0 bridgehead atoms. The van der Waals surface area contributed by atoms with Crippen LogP contribution in [0.15, 0.2) is 0 Å². The molecule has 5 heavy (non-hydrogen) atoms. The van der Waals surface area contributed by atoms with Crippen molar-refractivity contribution in [3.63, 3.8) is 0 Å². The van der Waals surface area contributed by atoms with Gasteiger partial charge in [-0.2, -0.15) is 0 Å². The fourth-order valence-electron chi connectivity index (χ4n) is 0. The number of rotatable bonds is 0. The van der Waals surface area contributed by atoms with E-state index in [9.17, 15) is 0 Å². The van der Waals surface area contributed by atoms with Gasteiger partial charge in [-0.05, 0) is 0 Å². The number of hydrogen-bond acceptors (Lipinski definition) is 0. The first kappa shape index (κ1) is 36.8. The van der Waals surface area contributed by atoms with Crippen LogP contribution in [0.4, 0.5) is 0 Å². The van der Waals surface area contributed by atoms with Crippen molar-refractivity contribution < 1.29 is 27.7 Å². The predicted molar refractivity (Wildman–Crippen MR) is 61.7 cm³/mol. The molecule has 0 spiro atoms. The Balaban J connectivity index is 0. The second-order valence-electron chi connectivity index (χ2n) is 0. The van der Waals surface area contributed by atoms with Gasteiger partial charge in [0.2, 0.25) is 0 Å². The van der Waals surface area contributed by atoms with E-state index in [4.69, 9.17) is 0 Å². The molecule has 0 aliphatic carbocycles. The molecule has 0 aliphatic rings. The molecule has 5 heteroatoms. The maximum atomic E-state index is 0. The molecular formula is H4HgI4. The van der Waals surface area contributed by atoms with Crippen LogP contribution in [-0.2, 0) is 27.7 Å². The summed E-state index contributed by atoms with van der Waals surface area (Å²) in [6.45, 7) is 0. The summed E-state index contributed by atoms with van der Waals surface area (Å²) in [5.74, 6) is 0. The van der Waals surface area contributed by atoms with E-state index in [0.717, 1.165) is 0 Å². The maximum Gasteiger partial charge on any atom is 0 e. The van der Waals surface area contributed by atoms with Crippen LogP contribution in [0.2, 0.25) is 0 Å². The van der Waals surface area contributed by atoms with E-state index in [1.165, 1.54) is 0 Å². The first-order valence-electron chi connectivity index (χ1n) is 0. The van der Waals surface area contributed by atoms with E-state index < -0.39 is 0 Å². The van der Waals surface area contributed by atoms with Crippen LogP contribution in [0.3, 0.4) is 0 Å². The van der Waals surface area contributed by atoms with E-state index >= 15 is 0 Å². The maximum absolute atomic E-state index is 0. The summed E-state index contributed by atoms with van der Waals surface area (Å²) >= 11 is 0. The minimum Gasteiger partial charge on any atom is -0.107 e. The summed E-state index contributed by atoms with van der Waals surface area (Å²) in [7, 11) is 0. The van der Waals surface area contributed by atoms with Gasteiger partial charge in [-0.3, -0.25) is 0 Å². The second-order valence-corrected chi connectivity index (χ2v) is 0. The SMILES string of the molecule is I.I.I.I.[Hg]. The molecule has 0 rings (SSSR count). The number of hydrogen-bond donors (Lipinski definition) is 0. The van der Waals surface area contributed by atoms with Crippen molar-refractivity contribution in [1.82, 2.24) is 0 Å². The molecule has 0 aromatic heterocycles. The molecule has 0 amide bonds. The average molecular weight is 712 g/mol. The molecular weight excluding hydrogens is 708 g/mol. The van der Waals surface area contributed by atoms with Gasteiger partial charge < -0.3 is 0 Å². The third-order valence-corrected chi connectivity index (χ3v) is 0. The molecule has 0 unspecified atom stereocenters. The van der Waals surface area contributed by atoms with Crippen LogP contribution < -0.4 is 0 Å². The van der Waals surface area contributed by atoms with E-state index in [1.807, 2.05) is 0 Å². The van der Waals surface area contributed by atoms with Crippen molar-refractivity contribution in [2.24, 2.45) is 0 Å².